The van der Waals surface area contributed by atoms with E-state index in [9.17, 15) is 14.9 Å². The Morgan fingerprint density at radius 1 is 0.510 bits per heavy atom. The third-order valence-electron chi connectivity index (χ3n) is 5.76. The molecule has 0 N–H and O–H groups in total. The van der Waals surface area contributed by atoms with Crippen molar-refractivity contribution in [2.24, 2.45) is 0 Å². The normalized spacial score (nSPS) is 11.6. The Bertz CT molecular complexity index is 914. The van der Waals surface area contributed by atoms with Crippen LogP contribution >= 0.6 is 0 Å². The van der Waals surface area contributed by atoms with Crippen molar-refractivity contribution in [2.75, 3.05) is 139 Å². The summed E-state index contributed by atoms with van der Waals surface area (Å²) in [5.41, 5.74) is -0.458. The molecule has 0 fully saturated rings. The Balaban J connectivity index is 1.67. The molecule has 0 aliphatic heterocycles. The Kier molecular flexibility index (Phi) is 28.6. The molecule has 0 saturated heterocycles. The third kappa shape index (κ3) is 31.2. The van der Waals surface area contributed by atoms with Gasteiger partial charge in [-0.15, -0.1) is 0 Å². The minimum atomic E-state index is -0.480. The van der Waals surface area contributed by atoms with Crippen molar-refractivity contribution in [3.05, 3.63) is 34.4 Å². The largest absolute Gasteiger partial charge is 0.491 e. The molecule has 0 amide bonds. The molecule has 1 aromatic rings. The molecule has 0 saturated carbocycles. The number of nitrogens with zero attached hydrogens (tertiary/aromatic N) is 1. The summed E-state index contributed by atoms with van der Waals surface area (Å²) in [4.78, 5) is 21.7. The number of nitro benzene ring substituents is 1. The van der Waals surface area contributed by atoms with E-state index in [4.69, 9.17) is 56.8 Å². The molecular weight excluding hydrogens is 650 g/mol. The van der Waals surface area contributed by atoms with E-state index < -0.39 is 10.5 Å². The van der Waals surface area contributed by atoms with Crippen LogP contribution in [0.5, 0.6) is 5.75 Å². The topological polar surface area (TPSA) is 171 Å². The highest BCUT2D eigenvalue weighted by Crippen LogP contribution is 2.17. The smallest absolute Gasteiger partial charge is 0.308 e. The van der Waals surface area contributed by atoms with Crippen molar-refractivity contribution in [3.63, 3.8) is 0 Å². The van der Waals surface area contributed by atoms with Crippen molar-refractivity contribution in [3.8, 4) is 5.75 Å². The van der Waals surface area contributed by atoms with Gasteiger partial charge in [-0.3, -0.25) is 14.9 Å². The second kappa shape index (κ2) is 31.5. The third-order valence-corrected chi connectivity index (χ3v) is 5.76. The standard InChI is InChI=1S/C33H57NO15/c1-33(2,3)49-32(35)8-9-38-10-11-39-12-13-40-14-15-41-16-17-42-18-19-43-20-21-44-22-23-45-24-25-46-26-27-47-28-29-48-31-6-4-30(5-7-31)34(36)37/h4-7H,8-29H2,1-3H3. The molecule has 0 heterocycles. The van der Waals surface area contributed by atoms with Crippen LogP contribution in [0.1, 0.15) is 27.2 Å². The van der Waals surface area contributed by atoms with E-state index in [1.807, 2.05) is 20.8 Å². The van der Waals surface area contributed by atoms with Crippen molar-refractivity contribution >= 4 is 11.7 Å². The van der Waals surface area contributed by atoms with Crippen molar-refractivity contribution < 1.29 is 66.6 Å². The zero-order valence-corrected chi connectivity index (χ0v) is 29.4. The molecule has 0 aliphatic rings. The number of carbonyl (C=O) groups excluding carboxylic acids is 1. The number of hydrogen-bond acceptors (Lipinski definition) is 15. The first-order valence-corrected chi connectivity index (χ1v) is 16.6. The Morgan fingerprint density at radius 3 is 1.08 bits per heavy atom. The van der Waals surface area contributed by atoms with Crippen LogP contribution in [0.2, 0.25) is 0 Å². The highest BCUT2D eigenvalue weighted by molar-refractivity contribution is 5.69. The molecule has 0 spiro atoms. The number of nitro groups is 1. The predicted octanol–water partition coefficient (Wildman–Crippen LogP) is 2.87. The quantitative estimate of drug-likeness (QED) is 0.0436. The first-order chi connectivity index (χ1) is 23.8. The SMILES string of the molecule is CC(C)(C)OC(=O)CCOCCOCCOCCOCCOCCOCCOCCOCCOCCOCCOc1ccc([N+](=O)[O-])cc1. The maximum Gasteiger partial charge on any atom is 0.308 e. The number of carbonyl (C=O) groups is 1. The molecule has 0 aliphatic carbocycles. The number of hydrogen-bond donors (Lipinski definition) is 0. The first-order valence-electron chi connectivity index (χ1n) is 16.6. The van der Waals surface area contributed by atoms with Gasteiger partial charge in [0, 0.05) is 12.1 Å². The van der Waals surface area contributed by atoms with Gasteiger partial charge in [-0.05, 0) is 32.9 Å². The molecule has 16 heteroatoms. The zero-order chi connectivity index (χ0) is 35.7. The molecule has 0 bridgehead atoms. The van der Waals surface area contributed by atoms with E-state index in [1.54, 1.807) is 12.1 Å². The summed E-state index contributed by atoms with van der Waals surface area (Å²) in [5, 5.41) is 10.6. The van der Waals surface area contributed by atoms with Gasteiger partial charge < -0.3 is 56.8 Å². The molecule has 0 unspecified atom stereocenters. The number of benzene rings is 1. The minimum absolute atomic E-state index is 0.0222. The average molecular weight is 708 g/mol. The summed E-state index contributed by atoms with van der Waals surface area (Å²) in [5.74, 6) is 0.281. The summed E-state index contributed by atoms with van der Waals surface area (Å²) < 4.78 is 65.1. The molecule has 0 atom stereocenters. The first kappa shape index (κ1) is 44.5. The van der Waals surface area contributed by atoms with Gasteiger partial charge in [0.1, 0.15) is 18.0 Å². The second-order valence-electron chi connectivity index (χ2n) is 11.1. The summed E-state index contributed by atoms with van der Waals surface area (Å²) in [7, 11) is 0. The van der Waals surface area contributed by atoms with Crippen LogP contribution in [-0.4, -0.2) is 155 Å². The predicted molar refractivity (Wildman–Crippen MR) is 177 cm³/mol. The van der Waals surface area contributed by atoms with Gasteiger partial charge in [-0.25, -0.2) is 0 Å². The van der Waals surface area contributed by atoms with Crippen molar-refractivity contribution in [1.29, 1.82) is 0 Å². The highest BCUT2D eigenvalue weighted by Gasteiger charge is 2.15. The maximum absolute atomic E-state index is 11.6. The summed E-state index contributed by atoms with van der Waals surface area (Å²) >= 11 is 0. The Morgan fingerprint density at radius 2 is 0.796 bits per heavy atom. The maximum atomic E-state index is 11.6. The second-order valence-corrected chi connectivity index (χ2v) is 11.1. The van der Waals surface area contributed by atoms with E-state index in [2.05, 4.69) is 0 Å². The summed E-state index contributed by atoms with van der Waals surface area (Å²) in [6, 6.07) is 5.90. The van der Waals surface area contributed by atoms with Gasteiger partial charge >= 0.3 is 5.97 Å². The van der Waals surface area contributed by atoms with E-state index >= 15 is 0 Å². The van der Waals surface area contributed by atoms with E-state index in [1.165, 1.54) is 12.1 Å². The van der Waals surface area contributed by atoms with Crippen LogP contribution in [0.25, 0.3) is 0 Å². The van der Waals surface area contributed by atoms with E-state index in [0.29, 0.717) is 144 Å². The highest BCUT2D eigenvalue weighted by atomic mass is 16.6. The number of ether oxygens (including phenoxy) is 12. The molecule has 0 radical (unpaired) electrons. The fourth-order valence-corrected chi connectivity index (χ4v) is 3.51. The molecule has 1 aromatic carbocycles. The van der Waals surface area contributed by atoms with Crippen LogP contribution in [0.4, 0.5) is 5.69 Å². The number of rotatable bonds is 35. The lowest BCUT2D eigenvalue weighted by Gasteiger charge is -2.19. The van der Waals surface area contributed by atoms with Gasteiger partial charge in [0.05, 0.1) is 143 Å². The monoisotopic (exact) mass is 707 g/mol. The number of esters is 1. The van der Waals surface area contributed by atoms with E-state index in [-0.39, 0.29) is 18.1 Å². The van der Waals surface area contributed by atoms with Crippen LogP contribution in [0, 0.1) is 10.1 Å². The minimum Gasteiger partial charge on any atom is -0.491 e. The van der Waals surface area contributed by atoms with Gasteiger partial charge in [-0.1, -0.05) is 0 Å². The summed E-state index contributed by atoms with van der Waals surface area (Å²) in [6.07, 6.45) is 0.225. The fourth-order valence-electron chi connectivity index (χ4n) is 3.51. The van der Waals surface area contributed by atoms with Gasteiger partial charge in [0.2, 0.25) is 0 Å². The lowest BCUT2D eigenvalue weighted by atomic mass is 10.2. The van der Waals surface area contributed by atoms with Gasteiger partial charge in [0.25, 0.3) is 5.69 Å². The zero-order valence-electron chi connectivity index (χ0n) is 29.4. The van der Waals surface area contributed by atoms with E-state index in [0.717, 1.165) is 0 Å². The molecule has 49 heavy (non-hydrogen) atoms. The Labute approximate surface area is 289 Å². The van der Waals surface area contributed by atoms with Gasteiger partial charge in [-0.2, -0.15) is 0 Å². The fraction of sp³-hybridized carbons (Fsp3) is 0.788. The molecule has 16 nitrogen and oxygen atoms in total. The lowest BCUT2D eigenvalue weighted by Crippen LogP contribution is -2.24. The molecule has 284 valence electrons. The van der Waals surface area contributed by atoms with Crippen LogP contribution < -0.4 is 4.74 Å². The van der Waals surface area contributed by atoms with Gasteiger partial charge in [0.15, 0.2) is 0 Å². The lowest BCUT2D eigenvalue weighted by molar-refractivity contribution is -0.384. The molecular formula is C33H57NO15. The Hall–Kier alpha value is -2.51. The van der Waals surface area contributed by atoms with Crippen LogP contribution in [0.15, 0.2) is 24.3 Å². The van der Waals surface area contributed by atoms with Crippen molar-refractivity contribution in [1.82, 2.24) is 0 Å². The number of non-ortho nitro benzene ring substituents is 1. The summed E-state index contributed by atoms with van der Waals surface area (Å²) in [6.45, 7) is 14.9. The average Bonchev–Trinajstić information content (AvgIpc) is 3.06. The molecule has 1 rings (SSSR count). The van der Waals surface area contributed by atoms with Crippen LogP contribution in [0.3, 0.4) is 0 Å². The van der Waals surface area contributed by atoms with Crippen LogP contribution in [-0.2, 0) is 56.9 Å². The molecule has 0 aromatic heterocycles. The van der Waals surface area contributed by atoms with Crippen molar-refractivity contribution in [2.45, 2.75) is 32.8 Å².